The van der Waals surface area contributed by atoms with E-state index in [1.807, 2.05) is 24.3 Å². The van der Waals surface area contributed by atoms with Crippen LogP contribution in [0.25, 0.3) is 0 Å². The quantitative estimate of drug-likeness (QED) is 0.909. The maximum atomic E-state index is 12.2. The lowest BCUT2D eigenvalue weighted by Gasteiger charge is -2.44. The number of hydrogen-bond donors (Lipinski definition) is 1. The predicted molar refractivity (Wildman–Crippen MR) is 85.1 cm³/mol. The van der Waals surface area contributed by atoms with Gasteiger partial charge in [0.15, 0.2) is 0 Å². The summed E-state index contributed by atoms with van der Waals surface area (Å²) in [7, 11) is 0. The van der Waals surface area contributed by atoms with Gasteiger partial charge >= 0.3 is 0 Å². The van der Waals surface area contributed by atoms with E-state index in [-0.39, 0.29) is 5.91 Å². The Morgan fingerprint density at radius 1 is 1.36 bits per heavy atom. The van der Waals surface area contributed by atoms with Crippen LogP contribution in [0.15, 0.2) is 24.3 Å². The van der Waals surface area contributed by atoms with Gasteiger partial charge in [0.25, 0.3) is 5.91 Å². The first-order valence-corrected chi connectivity index (χ1v) is 8.18. The van der Waals surface area contributed by atoms with E-state index in [9.17, 15) is 4.79 Å². The predicted octanol–water partition coefficient (Wildman–Crippen LogP) is 3.02. The molecule has 120 valence electrons. The van der Waals surface area contributed by atoms with E-state index in [1.165, 1.54) is 0 Å². The molecule has 3 rings (SSSR count). The molecule has 1 heterocycles. The highest BCUT2D eigenvalue weighted by Gasteiger charge is 2.47. The molecule has 1 amide bonds. The van der Waals surface area contributed by atoms with Gasteiger partial charge in [-0.25, -0.2) is 0 Å². The minimum Gasteiger partial charge on any atom is -0.493 e. The molecule has 0 aromatic heterocycles. The van der Waals surface area contributed by atoms with Crippen molar-refractivity contribution in [2.75, 3.05) is 19.8 Å². The van der Waals surface area contributed by atoms with Gasteiger partial charge in [0, 0.05) is 18.2 Å². The number of carbonyl (C=O) groups excluding carboxylic acids is 1. The van der Waals surface area contributed by atoms with Crippen LogP contribution in [0.4, 0.5) is 0 Å². The fourth-order valence-corrected chi connectivity index (χ4v) is 3.29. The number of hydrogen-bond acceptors (Lipinski definition) is 3. The lowest BCUT2D eigenvalue weighted by Crippen LogP contribution is -2.51. The third kappa shape index (κ3) is 3.43. The van der Waals surface area contributed by atoms with Crippen molar-refractivity contribution in [3.63, 3.8) is 0 Å². The molecule has 1 spiro atoms. The summed E-state index contributed by atoms with van der Waals surface area (Å²) in [5.41, 5.74) is 1.05. The molecule has 0 atom stereocenters. The first-order valence-electron chi connectivity index (χ1n) is 8.18. The largest absolute Gasteiger partial charge is 0.493 e. The van der Waals surface area contributed by atoms with Crippen molar-refractivity contribution in [3.8, 4) is 5.75 Å². The fraction of sp³-hybridized carbons (Fsp3) is 0.611. The summed E-state index contributed by atoms with van der Waals surface area (Å²) >= 11 is 0. The minimum absolute atomic E-state index is 0.00850. The Balaban J connectivity index is 1.48. The van der Waals surface area contributed by atoms with Gasteiger partial charge in [0.05, 0.1) is 13.2 Å². The highest BCUT2D eigenvalue weighted by atomic mass is 16.5. The molecule has 1 aromatic rings. The first kappa shape index (κ1) is 15.3. The third-order valence-corrected chi connectivity index (χ3v) is 4.58. The molecule has 1 aliphatic carbocycles. The third-order valence-electron chi connectivity index (χ3n) is 4.58. The van der Waals surface area contributed by atoms with Crippen molar-refractivity contribution in [1.29, 1.82) is 0 Å². The first-order chi connectivity index (χ1) is 10.6. The van der Waals surface area contributed by atoms with E-state index in [0.717, 1.165) is 38.2 Å². The Morgan fingerprint density at radius 3 is 2.68 bits per heavy atom. The average molecular weight is 303 g/mol. The maximum absolute atomic E-state index is 12.2. The highest BCUT2D eigenvalue weighted by Crippen LogP contribution is 2.47. The zero-order chi connectivity index (χ0) is 15.6. The normalized spacial score (nSPS) is 27.0. The Hall–Kier alpha value is -1.55. The van der Waals surface area contributed by atoms with Crippen LogP contribution in [0.5, 0.6) is 5.75 Å². The fourth-order valence-electron chi connectivity index (χ4n) is 3.29. The van der Waals surface area contributed by atoms with Crippen LogP contribution in [0.2, 0.25) is 0 Å². The van der Waals surface area contributed by atoms with Crippen molar-refractivity contribution < 1.29 is 14.3 Å². The number of ether oxygens (including phenoxy) is 2. The van der Waals surface area contributed by atoms with Gasteiger partial charge in [-0.2, -0.15) is 0 Å². The summed E-state index contributed by atoms with van der Waals surface area (Å²) in [5.74, 6) is 1.32. The van der Waals surface area contributed by atoms with E-state index in [1.54, 1.807) is 0 Å². The molecule has 0 unspecified atom stereocenters. The second kappa shape index (κ2) is 6.29. The summed E-state index contributed by atoms with van der Waals surface area (Å²) in [4.78, 5) is 12.2. The van der Waals surface area contributed by atoms with Crippen molar-refractivity contribution in [3.05, 3.63) is 29.8 Å². The minimum atomic E-state index is 0.00850. The Labute approximate surface area is 132 Å². The summed E-state index contributed by atoms with van der Waals surface area (Å²) < 4.78 is 11.1. The molecule has 2 fully saturated rings. The molecule has 1 saturated carbocycles. The van der Waals surface area contributed by atoms with E-state index < -0.39 is 0 Å². The standard InChI is InChI=1S/C18H25NO3/c1-13(2)11-22-16-5-3-14(4-6-16)17(20)19-15-9-18(10-15)7-8-21-12-18/h3-6,13,15H,7-12H2,1-2H3,(H,19,20). The van der Waals surface area contributed by atoms with Gasteiger partial charge in [-0.05, 0) is 54.9 Å². The van der Waals surface area contributed by atoms with E-state index in [0.29, 0.717) is 29.5 Å². The van der Waals surface area contributed by atoms with Crippen molar-refractivity contribution in [2.24, 2.45) is 11.3 Å². The molecule has 1 N–H and O–H groups in total. The van der Waals surface area contributed by atoms with Gasteiger partial charge in [0.1, 0.15) is 5.75 Å². The van der Waals surface area contributed by atoms with Crippen LogP contribution >= 0.6 is 0 Å². The monoisotopic (exact) mass is 303 g/mol. The smallest absolute Gasteiger partial charge is 0.251 e. The Kier molecular flexibility index (Phi) is 4.39. The second-order valence-electron chi connectivity index (χ2n) is 7.11. The van der Waals surface area contributed by atoms with E-state index >= 15 is 0 Å². The lowest BCUT2D eigenvalue weighted by molar-refractivity contribution is 0.0530. The molecule has 22 heavy (non-hydrogen) atoms. The summed E-state index contributed by atoms with van der Waals surface area (Å²) in [6.07, 6.45) is 3.24. The molecule has 0 radical (unpaired) electrons. The van der Waals surface area contributed by atoms with Gasteiger partial charge in [-0.1, -0.05) is 13.8 Å². The van der Waals surface area contributed by atoms with Crippen LogP contribution < -0.4 is 10.1 Å². The number of nitrogens with one attached hydrogen (secondary N) is 1. The zero-order valence-electron chi connectivity index (χ0n) is 13.4. The average Bonchev–Trinajstić information content (AvgIpc) is 2.95. The molecular weight excluding hydrogens is 278 g/mol. The molecule has 1 aliphatic heterocycles. The number of benzene rings is 1. The van der Waals surface area contributed by atoms with Crippen molar-refractivity contribution in [1.82, 2.24) is 5.32 Å². The summed E-state index contributed by atoms with van der Waals surface area (Å²) in [6.45, 7) is 6.66. The SMILES string of the molecule is CC(C)COc1ccc(C(=O)NC2CC3(CCOC3)C2)cc1. The highest BCUT2D eigenvalue weighted by molar-refractivity contribution is 5.94. The van der Waals surface area contributed by atoms with Crippen molar-refractivity contribution >= 4 is 5.91 Å². The zero-order valence-corrected chi connectivity index (χ0v) is 13.4. The van der Waals surface area contributed by atoms with Crippen LogP contribution in [-0.2, 0) is 4.74 Å². The van der Waals surface area contributed by atoms with Gasteiger partial charge in [0.2, 0.25) is 0 Å². The molecule has 2 aliphatic rings. The van der Waals surface area contributed by atoms with Gasteiger partial charge in [-0.15, -0.1) is 0 Å². The van der Waals surface area contributed by atoms with E-state index in [4.69, 9.17) is 9.47 Å². The number of carbonyl (C=O) groups is 1. The van der Waals surface area contributed by atoms with Crippen LogP contribution in [-0.4, -0.2) is 31.8 Å². The van der Waals surface area contributed by atoms with Crippen LogP contribution in [0, 0.1) is 11.3 Å². The number of amides is 1. The topological polar surface area (TPSA) is 47.6 Å². The summed E-state index contributed by atoms with van der Waals surface area (Å²) in [5, 5.41) is 3.12. The van der Waals surface area contributed by atoms with Gasteiger partial charge < -0.3 is 14.8 Å². The van der Waals surface area contributed by atoms with Crippen molar-refractivity contribution in [2.45, 2.75) is 39.2 Å². The van der Waals surface area contributed by atoms with Gasteiger partial charge in [-0.3, -0.25) is 4.79 Å². The van der Waals surface area contributed by atoms with Crippen LogP contribution in [0.1, 0.15) is 43.5 Å². The molecular formula is C18H25NO3. The summed E-state index contributed by atoms with van der Waals surface area (Å²) in [6, 6.07) is 7.69. The maximum Gasteiger partial charge on any atom is 0.251 e. The molecule has 1 aromatic carbocycles. The molecule has 1 saturated heterocycles. The Morgan fingerprint density at radius 2 is 2.09 bits per heavy atom. The second-order valence-corrected chi connectivity index (χ2v) is 7.11. The lowest BCUT2D eigenvalue weighted by atomic mass is 9.65. The molecule has 4 nitrogen and oxygen atoms in total. The molecule has 4 heteroatoms. The Bertz CT molecular complexity index is 510. The van der Waals surface area contributed by atoms with E-state index in [2.05, 4.69) is 19.2 Å². The number of rotatable bonds is 5. The molecule has 0 bridgehead atoms. The van der Waals surface area contributed by atoms with Crippen LogP contribution in [0.3, 0.4) is 0 Å².